The van der Waals surface area contributed by atoms with Crippen LogP contribution >= 0.6 is 11.6 Å². The van der Waals surface area contributed by atoms with Gasteiger partial charge in [0.05, 0.1) is 5.75 Å². The molecule has 0 radical (unpaired) electrons. The lowest BCUT2D eigenvalue weighted by atomic mass is 10.1. The molecule has 0 aliphatic heterocycles. The first-order valence-corrected chi connectivity index (χ1v) is 8.25. The molecule has 106 valence electrons. The third-order valence-corrected chi connectivity index (χ3v) is 4.53. The molecule has 0 unspecified atom stereocenters. The highest BCUT2D eigenvalue weighted by atomic mass is 35.5. The molecule has 2 aromatic rings. The van der Waals surface area contributed by atoms with E-state index in [2.05, 4.69) is 4.72 Å². The zero-order valence-electron chi connectivity index (χ0n) is 11.1. The summed E-state index contributed by atoms with van der Waals surface area (Å²) >= 11 is 5.98. The quantitative estimate of drug-likeness (QED) is 0.921. The standard InChI is InChI=1S/C15H16ClNO2S/c1-12-5-4-6-13(9-12)10-17-20(18,19)11-14-7-2-3-8-15(14)16/h2-9,17H,10-11H2,1H3. The molecule has 0 aromatic heterocycles. The van der Waals surface area contributed by atoms with Crippen LogP contribution in [0, 0.1) is 6.92 Å². The number of halogens is 1. The first-order valence-electron chi connectivity index (χ1n) is 6.22. The smallest absolute Gasteiger partial charge is 0.212 e. The first-order chi connectivity index (χ1) is 9.46. The van der Waals surface area contributed by atoms with Crippen molar-refractivity contribution >= 4 is 21.6 Å². The molecule has 2 rings (SSSR count). The molecular weight excluding hydrogens is 294 g/mol. The summed E-state index contributed by atoms with van der Waals surface area (Å²) in [6, 6.07) is 14.7. The average molecular weight is 310 g/mol. The third kappa shape index (κ3) is 4.34. The zero-order valence-corrected chi connectivity index (χ0v) is 12.7. The van der Waals surface area contributed by atoms with E-state index in [-0.39, 0.29) is 12.3 Å². The minimum atomic E-state index is -3.40. The molecule has 3 nitrogen and oxygen atoms in total. The highest BCUT2D eigenvalue weighted by molar-refractivity contribution is 7.88. The van der Waals surface area contributed by atoms with Gasteiger partial charge in [-0.1, -0.05) is 59.6 Å². The molecule has 0 atom stereocenters. The van der Waals surface area contributed by atoms with E-state index >= 15 is 0 Å². The van der Waals surface area contributed by atoms with Crippen molar-refractivity contribution in [3.63, 3.8) is 0 Å². The molecule has 0 saturated carbocycles. The molecule has 0 aliphatic carbocycles. The fourth-order valence-electron chi connectivity index (χ4n) is 1.89. The van der Waals surface area contributed by atoms with Crippen molar-refractivity contribution in [2.45, 2.75) is 19.2 Å². The maximum absolute atomic E-state index is 12.0. The Morgan fingerprint density at radius 2 is 1.85 bits per heavy atom. The van der Waals surface area contributed by atoms with Crippen LogP contribution in [0.3, 0.4) is 0 Å². The van der Waals surface area contributed by atoms with Crippen LogP contribution in [0.25, 0.3) is 0 Å². The maximum Gasteiger partial charge on any atom is 0.216 e. The van der Waals surface area contributed by atoms with Crippen molar-refractivity contribution in [2.24, 2.45) is 0 Å². The lowest BCUT2D eigenvalue weighted by Gasteiger charge is -2.08. The van der Waals surface area contributed by atoms with Crippen LogP contribution in [-0.2, 0) is 22.3 Å². The molecule has 0 amide bonds. The van der Waals surface area contributed by atoms with E-state index in [0.29, 0.717) is 10.6 Å². The molecule has 0 bridgehead atoms. The monoisotopic (exact) mass is 309 g/mol. The largest absolute Gasteiger partial charge is 0.216 e. The van der Waals surface area contributed by atoms with Gasteiger partial charge in [0, 0.05) is 11.6 Å². The number of hydrogen-bond donors (Lipinski definition) is 1. The van der Waals surface area contributed by atoms with E-state index in [1.54, 1.807) is 24.3 Å². The Balaban J connectivity index is 2.03. The lowest BCUT2D eigenvalue weighted by molar-refractivity contribution is 0.580. The fraction of sp³-hybridized carbons (Fsp3) is 0.200. The Kier molecular flexibility index (Phi) is 4.81. The van der Waals surface area contributed by atoms with E-state index in [4.69, 9.17) is 11.6 Å². The van der Waals surface area contributed by atoms with Gasteiger partial charge in [-0.25, -0.2) is 13.1 Å². The summed E-state index contributed by atoms with van der Waals surface area (Å²) in [5, 5.41) is 0.466. The summed E-state index contributed by atoms with van der Waals surface area (Å²) < 4.78 is 26.7. The van der Waals surface area contributed by atoms with Crippen LogP contribution in [0.4, 0.5) is 0 Å². The highest BCUT2D eigenvalue weighted by Crippen LogP contribution is 2.17. The van der Waals surface area contributed by atoms with Crippen molar-refractivity contribution in [3.05, 3.63) is 70.2 Å². The van der Waals surface area contributed by atoms with E-state index < -0.39 is 10.0 Å². The van der Waals surface area contributed by atoms with Crippen molar-refractivity contribution in [2.75, 3.05) is 0 Å². The summed E-state index contributed by atoms with van der Waals surface area (Å²) in [6.45, 7) is 2.26. The van der Waals surface area contributed by atoms with Gasteiger partial charge in [-0.2, -0.15) is 0 Å². The minimum Gasteiger partial charge on any atom is -0.212 e. The van der Waals surface area contributed by atoms with Crippen LogP contribution in [0.15, 0.2) is 48.5 Å². The van der Waals surface area contributed by atoms with Crippen molar-refractivity contribution in [1.82, 2.24) is 4.72 Å². The second-order valence-electron chi connectivity index (χ2n) is 4.66. The van der Waals surface area contributed by atoms with Gasteiger partial charge in [0.2, 0.25) is 10.0 Å². The van der Waals surface area contributed by atoms with Gasteiger partial charge < -0.3 is 0 Å². The van der Waals surface area contributed by atoms with Gasteiger partial charge in [0.25, 0.3) is 0 Å². The summed E-state index contributed by atoms with van der Waals surface area (Å²) in [5.74, 6) is -0.113. The van der Waals surface area contributed by atoms with Crippen LogP contribution in [0.5, 0.6) is 0 Å². The molecule has 20 heavy (non-hydrogen) atoms. The van der Waals surface area contributed by atoms with Gasteiger partial charge >= 0.3 is 0 Å². The predicted molar refractivity (Wildman–Crippen MR) is 82.1 cm³/mol. The zero-order chi connectivity index (χ0) is 14.6. The second-order valence-corrected chi connectivity index (χ2v) is 6.87. The molecule has 0 aliphatic rings. The third-order valence-electron chi connectivity index (χ3n) is 2.88. The Labute approximate surface area is 124 Å². The molecule has 2 aromatic carbocycles. The van der Waals surface area contributed by atoms with Crippen LogP contribution in [0.1, 0.15) is 16.7 Å². The number of hydrogen-bond acceptors (Lipinski definition) is 2. The van der Waals surface area contributed by atoms with E-state index in [9.17, 15) is 8.42 Å². The van der Waals surface area contributed by atoms with Crippen molar-refractivity contribution < 1.29 is 8.42 Å². The van der Waals surface area contributed by atoms with E-state index in [1.807, 2.05) is 31.2 Å². The highest BCUT2D eigenvalue weighted by Gasteiger charge is 2.13. The summed E-state index contributed by atoms with van der Waals surface area (Å²) in [5.41, 5.74) is 2.64. The van der Waals surface area contributed by atoms with Gasteiger partial charge in [-0.15, -0.1) is 0 Å². The predicted octanol–water partition coefficient (Wildman–Crippen LogP) is 3.27. The lowest BCUT2D eigenvalue weighted by Crippen LogP contribution is -2.24. The van der Waals surface area contributed by atoms with Crippen molar-refractivity contribution in [3.8, 4) is 0 Å². The molecular formula is C15H16ClNO2S. The van der Waals surface area contributed by atoms with Gasteiger partial charge in [-0.3, -0.25) is 0 Å². The Morgan fingerprint density at radius 1 is 1.10 bits per heavy atom. The molecule has 0 fully saturated rings. The van der Waals surface area contributed by atoms with Crippen LogP contribution in [0.2, 0.25) is 5.02 Å². The Hall–Kier alpha value is -1.36. The first kappa shape index (κ1) is 15.0. The normalized spacial score (nSPS) is 11.5. The number of rotatable bonds is 5. The number of aryl methyl sites for hydroxylation is 1. The van der Waals surface area contributed by atoms with Crippen LogP contribution in [-0.4, -0.2) is 8.42 Å². The SMILES string of the molecule is Cc1cccc(CNS(=O)(=O)Cc2ccccc2Cl)c1. The second kappa shape index (κ2) is 6.39. The van der Waals surface area contributed by atoms with Gasteiger partial charge in [0.1, 0.15) is 0 Å². The average Bonchev–Trinajstić information content (AvgIpc) is 2.39. The molecule has 5 heteroatoms. The topological polar surface area (TPSA) is 46.2 Å². The van der Waals surface area contributed by atoms with Gasteiger partial charge in [0.15, 0.2) is 0 Å². The fourth-order valence-corrected chi connectivity index (χ4v) is 3.32. The maximum atomic E-state index is 12.0. The minimum absolute atomic E-state index is 0.113. The van der Waals surface area contributed by atoms with E-state index in [1.165, 1.54) is 0 Å². The molecule has 0 spiro atoms. The number of nitrogens with one attached hydrogen (secondary N) is 1. The summed E-state index contributed by atoms with van der Waals surface area (Å²) in [7, 11) is -3.40. The molecule has 0 saturated heterocycles. The summed E-state index contributed by atoms with van der Waals surface area (Å²) in [4.78, 5) is 0. The number of benzene rings is 2. The Bertz CT molecular complexity index is 699. The van der Waals surface area contributed by atoms with Gasteiger partial charge in [-0.05, 0) is 24.1 Å². The summed E-state index contributed by atoms with van der Waals surface area (Å²) in [6.07, 6.45) is 0. The van der Waals surface area contributed by atoms with Crippen molar-refractivity contribution in [1.29, 1.82) is 0 Å². The number of sulfonamides is 1. The molecule has 1 N–H and O–H groups in total. The van der Waals surface area contributed by atoms with Crippen LogP contribution < -0.4 is 4.72 Å². The Morgan fingerprint density at radius 3 is 2.55 bits per heavy atom. The molecule has 0 heterocycles. The van der Waals surface area contributed by atoms with E-state index in [0.717, 1.165) is 11.1 Å².